The van der Waals surface area contributed by atoms with Crippen LogP contribution in [0.2, 0.25) is 0 Å². The van der Waals surface area contributed by atoms with Crippen LogP contribution in [0.5, 0.6) is 0 Å². The first kappa shape index (κ1) is 22.3. The predicted octanol–water partition coefficient (Wildman–Crippen LogP) is 4.72. The van der Waals surface area contributed by atoms with E-state index >= 15 is 0 Å². The van der Waals surface area contributed by atoms with Gasteiger partial charge >= 0.3 is 5.97 Å². The zero-order chi connectivity index (χ0) is 22.1. The van der Waals surface area contributed by atoms with E-state index < -0.39 is 0 Å². The van der Waals surface area contributed by atoms with E-state index in [1.54, 1.807) is 6.92 Å². The minimum Gasteiger partial charge on any atom is -0.463 e. The average molecular weight is 421 g/mol. The number of nitrogens with one attached hydrogen (secondary N) is 1. The number of unbranched alkanes of at least 4 members (excludes halogenated alkanes) is 1. The van der Waals surface area contributed by atoms with Gasteiger partial charge in [0.05, 0.1) is 6.04 Å². The Hall–Kier alpha value is -3.41. The quantitative estimate of drug-likeness (QED) is 0.480. The molecule has 1 unspecified atom stereocenters. The third-order valence-electron chi connectivity index (χ3n) is 4.98. The van der Waals surface area contributed by atoms with Gasteiger partial charge in [0.1, 0.15) is 23.6 Å². The monoisotopic (exact) mass is 420 g/mol. The van der Waals surface area contributed by atoms with Crippen molar-refractivity contribution < 1.29 is 18.8 Å². The number of ether oxygens (including phenoxy) is 1. The van der Waals surface area contributed by atoms with E-state index in [1.165, 1.54) is 0 Å². The van der Waals surface area contributed by atoms with E-state index in [0.717, 1.165) is 24.0 Å². The molecule has 0 aliphatic carbocycles. The molecule has 1 amide bonds. The SMILES string of the molecule is CCCCC(=O)OCC(Cc1ccccc1)NC(=O)c1c(-c2ccccc2)noc1C. The van der Waals surface area contributed by atoms with E-state index in [4.69, 9.17) is 9.26 Å². The molecule has 3 aromatic rings. The first-order valence-electron chi connectivity index (χ1n) is 10.6. The summed E-state index contributed by atoms with van der Waals surface area (Å²) in [4.78, 5) is 25.2. The number of nitrogens with zero attached hydrogens (tertiary/aromatic N) is 1. The van der Waals surface area contributed by atoms with Gasteiger partial charge in [0, 0.05) is 12.0 Å². The number of carbonyl (C=O) groups is 2. The molecule has 1 N–H and O–H groups in total. The van der Waals surface area contributed by atoms with Crippen LogP contribution in [0.1, 0.15) is 47.9 Å². The van der Waals surface area contributed by atoms with Crippen molar-refractivity contribution >= 4 is 11.9 Å². The number of hydrogen-bond acceptors (Lipinski definition) is 5. The maximum atomic E-state index is 13.2. The number of benzene rings is 2. The maximum Gasteiger partial charge on any atom is 0.305 e. The molecule has 6 heteroatoms. The molecule has 3 rings (SSSR count). The summed E-state index contributed by atoms with van der Waals surface area (Å²) in [5, 5.41) is 7.10. The molecule has 1 atom stereocenters. The van der Waals surface area contributed by atoms with Gasteiger partial charge in [0.25, 0.3) is 5.91 Å². The molecule has 162 valence electrons. The summed E-state index contributed by atoms with van der Waals surface area (Å²) in [5.74, 6) is -0.113. The molecule has 0 saturated heterocycles. The van der Waals surface area contributed by atoms with Crippen LogP contribution in [0.4, 0.5) is 0 Å². The third kappa shape index (κ3) is 6.28. The smallest absolute Gasteiger partial charge is 0.305 e. The zero-order valence-electron chi connectivity index (χ0n) is 18.0. The predicted molar refractivity (Wildman–Crippen MR) is 119 cm³/mol. The Morgan fingerprint density at radius 2 is 1.74 bits per heavy atom. The Labute approximate surface area is 182 Å². The molecule has 1 aromatic heterocycles. The minimum absolute atomic E-state index is 0.105. The lowest BCUT2D eigenvalue weighted by Crippen LogP contribution is -2.40. The van der Waals surface area contributed by atoms with Crippen molar-refractivity contribution in [2.45, 2.75) is 45.6 Å². The lowest BCUT2D eigenvalue weighted by atomic mass is 10.0. The largest absolute Gasteiger partial charge is 0.463 e. The highest BCUT2D eigenvalue weighted by molar-refractivity contribution is 6.01. The van der Waals surface area contributed by atoms with Crippen molar-refractivity contribution in [3.63, 3.8) is 0 Å². The molecule has 0 aliphatic heterocycles. The van der Waals surface area contributed by atoms with Gasteiger partial charge in [-0.15, -0.1) is 0 Å². The van der Waals surface area contributed by atoms with Crippen LogP contribution in [-0.2, 0) is 16.0 Å². The number of aromatic nitrogens is 1. The van der Waals surface area contributed by atoms with Gasteiger partial charge in [-0.25, -0.2) is 0 Å². The highest BCUT2D eigenvalue weighted by Gasteiger charge is 2.24. The highest BCUT2D eigenvalue weighted by Crippen LogP contribution is 2.25. The first-order chi connectivity index (χ1) is 15.1. The molecule has 0 aliphatic rings. The van der Waals surface area contributed by atoms with Gasteiger partial charge < -0.3 is 14.6 Å². The van der Waals surface area contributed by atoms with E-state index in [9.17, 15) is 9.59 Å². The van der Waals surface area contributed by atoms with Crippen LogP contribution in [-0.4, -0.2) is 29.7 Å². The topological polar surface area (TPSA) is 81.4 Å². The Morgan fingerprint density at radius 1 is 1.06 bits per heavy atom. The third-order valence-corrected chi connectivity index (χ3v) is 4.98. The first-order valence-corrected chi connectivity index (χ1v) is 10.6. The standard InChI is InChI=1S/C25H28N2O4/c1-3-4-15-22(28)30-17-21(16-19-11-7-5-8-12-19)26-25(29)23-18(2)31-27-24(23)20-13-9-6-10-14-20/h5-14,21H,3-4,15-17H2,1-2H3,(H,26,29). The normalized spacial score (nSPS) is 11.7. The number of amides is 1. The van der Waals surface area contributed by atoms with Gasteiger partial charge in [-0.2, -0.15) is 0 Å². The van der Waals surface area contributed by atoms with E-state index in [2.05, 4.69) is 10.5 Å². The summed E-state index contributed by atoms with van der Waals surface area (Å²) >= 11 is 0. The van der Waals surface area contributed by atoms with Gasteiger partial charge in [-0.1, -0.05) is 79.2 Å². The molecule has 6 nitrogen and oxygen atoms in total. The average Bonchev–Trinajstić information content (AvgIpc) is 3.18. The second-order valence-electron chi connectivity index (χ2n) is 7.48. The minimum atomic E-state index is -0.376. The van der Waals surface area contributed by atoms with Gasteiger partial charge in [-0.3, -0.25) is 9.59 Å². The molecule has 2 aromatic carbocycles. The van der Waals surface area contributed by atoms with E-state index in [1.807, 2.05) is 67.6 Å². The number of esters is 1. The number of hydrogen-bond donors (Lipinski definition) is 1. The lowest BCUT2D eigenvalue weighted by Gasteiger charge is -2.19. The molecular formula is C25H28N2O4. The summed E-state index contributed by atoms with van der Waals surface area (Å²) in [6.45, 7) is 3.84. The van der Waals surface area contributed by atoms with Crippen molar-refractivity contribution in [3.05, 3.63) is 77.6 Å². The molecule has 1 heterocycles. The Kier molecular flexibility index (Phi) is 7.98. The molecule has 0 radical (unpaired) electrons. The van der Waals surface area contributed by atoms with Crippen LogP contribution in [0.15, 0.2) is 65.2 Å². The van der Waals surface area contributed by atoms with Crippen molar-refractivity contribution in [3.8, 4) is 11.3 Å². The van der Waals surface area contributed by atoms with E-state index in [-0.39, 0.29) is 24.5 Å². The lowest BCUT2D eigenvalue weighted by molar-refractivity contribution is -0.144. The van der Waals surface area contributed by atoms with Crippen molar-refractivity contribution in [2.24, 2.45) is 0 Å². The van der Waals surface area contributed by atoms with Crippen LogP contribution in [0.3, 0.4) is 0 Å². The Morgan fingerprint density at radius 3 is 2.42 bits per heavy atom. The van der Waals surface area contributed by atoms with Crippen molar-refractivity contribution in [2.75, 3.05) is 6.61 Å². The fraction of sp³-hybridized carbons (Fsp3) is 0.320. The van der Waals surface area contributed by atoms with Gasteiger partial charge in [0.15, 0.2) is 0 Å². The second kappa shape index (κ2) is 11.1. The van der Waals surface area contributed by atoms with Crippen LogP contribution >= 0.6 is 0 Å². The molecule has 0 spiro atoms. The Balaban J connectivity index is 1.76. The number of carbonyl (C=O) groups excluding carboxylic acids is 2. The molecule has 0 saturated carbocycles. The van der Waals surface area contributed by atoms with Crippen LogP contribution in [0.25, 0.3) is 11.3 Å². The van der Waals surface area contributed by atoms with Crippen molar-refractivity contribution in [1.82, 2.24) is 10.5 Å². The summed E-state index contributed by atoms with van der Waals surface area (Å²) in [7, 11) is 0. The second-order valence-corrected chi connectivity index (χ2v) is 7.48. The zero-order valence-corrected chi connectivity index (χ0v) is 18.0. The summed E-state index contributed by atoms with van der Waals surface area (Å²) in [6, 6.07) is 18.8. The molecule has 0 fully saturated rings. The van der Waals surface area contributed by atoms with Crippen molar-refractivity contribution in [1.29, 1.82) is 0 Å². The molecule has 31 heavy (non-hydrogen) atoms. The van der Waals surface area contributed by atoms with Gasteiger partial charge in [0.2, 0.25) is 0 Å². The van der Waals surface area contributed by atoms with Crippen LogP contribution in [0, 0.1) is 6.92 Å². The fourth-order valence-electron chi connectivity index (χ4n) is 3.33. The summed E-state index contributed by atoms with van der Waals surface area (Å²) < 4.78 is 10.8. The summed E-state index contributed by atoms with van der Waals surface area (Å²) in [5.41, 5.74) is 2.73. The number of aryl methyl sites for hydroxylation is 1. The Bertz CT molecular complexity index is 983. The molecule has 0 bridgehead atoms. The van der Waals surface area contributed by atoms with Crippen LogP contribution < -0.4 is 5.32 Å². The maximum absolute atomic E-state index is 13.2. The summed E-state index contributed by atoms with van der Waals surface area (Å²) in [6.07, 6.45) is 2.63. The fourth-order valence-corrected chi connectivity index (χ4v) is 3.33. The molecular weight excluding hydrogens is 392 g/mol. The van der Waals surface area contributed by atoms with E-state index in [0.29, 0.717) is 29.9 Å². The number of rotatable bonds is 10. The highest BCUT2D eigenvalue weighted by atomic mass is 16.5. The van der Waals surface area contributed by atoms with Gasteiger partial charge in [-0.05, 0) is 25.3 Å².